The summed E-state index contributed by atoms with van der Waals surface area (Å²) in [6, 6.07) is 6.79. The Bertz CT molecular complexity index is 388. The van der Waals surface area contributed by atoms with E-state index in [9.17, 15) is 8.42 Å². The minimum atomic E-state index is -3.68. The largest absolute Gasteiger partial charge is 0.388 e. The maximum atomic E-state index is 10.6. The molecule has 0 aliphatic rings. The van der Waals surface area contributed by atoms with Gasteiger partial charge >= 0.3 is 0 Å². The summed E-state index contributed by atoms with van der Waals surface area (Å²) < 4.78 is 23.5. The van der Waals surface area contributed by atoms with E-state index in [1.807, 2.05) is 6.07 Å². The summed E-state index contributed by atoms with van der Waals surface area (Å²) >= 11 is 0. The molecule has 0 aliphatic carbocycles. The minimum Gasteiger partial charge on any atom is -0.388 e. The van der Waals surface area contributed by atoms with Crippen molar-refractivity contribution < 1.29 is 8.42 Å². The average molecular weight is 201 g/mol. The van der Waals surface area contributed by atoms with Gasteiger partial charge in [-0.1, -0.05) is 6.07 Å². The lowest BCUT2D eigenvalue weighted by Crippen LogP contribution is -2.21. The van der Waals surface area contributed by atoms with Crippen molar-refractivity contribution in [3.63, 3.8) is 0 Å². The van der Waals surface area contributed by atoms with Gasteiger partial charge in [0, 0.05) is 12.7 Å². The average Bonchev–Trinajstić information content (AvgIpc) is 2.01. The van der Waals surface area contributed by atoms with Crippen LogP contribution in [0.2, 0.25) is 0 Å². The van der Waals surface area contributed by atoms with Crippen LogP contribution in [0.25, 0.3) is 0 Å². The summed E-state index contributed by atoms with van der Waals surface area (Å²) in [6.45, 7) is 0. The zero-order valence-electron chi connectivity index (χ0n) is 7.11. The van der Waals surface area contributed by atoms with Crippen LogP contribution in [0.5, 0.6) is 0 Å². The smallest absolute Gasteiger partial charge is 0.296 e. The molecule has 0 unspecified atom stereocenters. The van der Waals surface area contributed by atoms with Crippen LogP contribution in [0.4, 0.5) is 11.4 Å². The molecule has 0 spiro atoms. The summed E-state index contributed by atoms with van der Waals surface area (Å²) in [6.07, 6.45) is 0. The molecule has 13 heavy (non-hydrogen) atoms. The Kier molecular flexibility index (Phi) is 2.74. The van der Waals surface area contributed by atoms with Crippen molar-refractivity contribution in [1.29, 1.82) is 0 Å². The maximum Gasteiger partial charge on any atom is 0.296 e. The number of hydrogen-bond donors (Lipinski definition) is 3. The van der Waals surface area contributed by atoms with Crippen molar-refractivity contribution in [3.8, 4) is 0 Å². The van der Waals surface area contributed by atoms with E-state index in [2.05, 4.69) is 10.0 Å². The number of benzene rings is 1. The number of hydrogen-bond acceptors (Lipinski definition) is 3. The summed E-state index contributed by atoms with van der Waals surface area (Å²) in [4.78, 5) is 0. The van der Waals surface area contributed by atoms with Crippen LogP contribution in [0, 0.1) is 0 Å². The van der Waals surface area contributed by atoms with E-state index in [1.165, 1.54) is 0 Å². The van der Waals surface area contributed by atoms with Gasteiger partial charge in [-0.3, -0.25) is 4.72 Å². The molecule has 0 fully saturated rings. The molecule has 0 heterocycles. The van der Waals surface area contributed by atoms with E-state index in [0.29, 0.717) is 5.69 Å². The first-order chi connectivity index (χ1) is 6.01. The van der Waals surface area contributed by atoms with Gasteiger partial charge in [0.25, 0.3) is 10.2 Å². The molecule has 6 heteroatoms. The number of nitrogens with two attached hydrogens (primary N) is 1. The van der Waals surface area contributed by atoms with E-state index in [-0.39, 0.29) is 0 Å². The fourth-order valence-electron chi connectivity index (χ4n) is 0.902. The highest BCUT2D eigenvalue weighted by Crippen LogP contribution is 2.14. The third-order valence-electron chi connectivity index (χ3n) is 1.41. The number of rotatable bonds is 3. The van der Waals surface area contributed by atoms with Crippen LogP contribution in [-0.4, -0.2) is 15.5 Å². The third kappa shape index (κ3) is 3.30. The normalized spacial score (nSPS) is 10.9. The topological polar surface area (TPSA) is 84.2 Å². The van der Waals surface area contributed by atoms with Crippen molar-refractivity contribution in [1.82, 2.24) is 0 Å². The zero-order valence-corrected chi connectivity index (χ0v) is 7.93. The van der Waals surface area contributed by atoms with Crippen molar-refractivity contribution in [3.05, 3.63) is 24.3 Å². The third-order valence-corrected chi connectivity index (χ3v) is 1.93. The lowest BCUT2D eigenvalue weighted by atomic mass is 10.3. The Morgan fingerprint density at radius 1 is 1.31 bits per heavy atom. The predicted molar refractivity (Wildman–Crippen MR) is 52.7 cm³/mol. The van der Waals surface area contributed by atoms with Gasteiger partial charge < -0.3 is 5.32 Å². The van der Waals surface area contributed by atoms with Gasteiger partial charge in [-0.05, 0) is 18.2 Å². The second-order valence-corrected chi connectivity index (χ2v) is 3.77. The van der Waals surface area contributed by atoms with E-state index in [0.717, 1.165) is 5.69 Å². The molecule has 0 atom stereocenters. The van der Waals surface area contributed by atoms with Gasteiger partial charge in [-0.25, -0.2) is 5.14 Å². The zero-order chi connectivity index (χ0) is 9.90. The Morgan fingerprint density at radius 3 is 2.46 bits per heavy atom. The van der Waals surface area contributed by atoms with Gasteiger partial charge in [0.05, 0.1) is 5.69 Å². The van der Waals surface area contributed by atoms with Crippen molar-refractivity contribution in [2.75, 3.05) is 17.1 Å². The maximum absolute atomic E-state index is 10.6. The monoisotopic (exact) mass is 201 g/mol. The van der Waals surface area contributed by atoms with Crippen molar-refractivity contribution in [2.24, 2.45) is 5.14 Å². The van der Waals surface area contributed by atoms with E-state index in [4.69, 9.17) is 5.14 Å². The molecule has 5 nitrogen and oxygen atoms in total. The molecule has 0 saturated heterocycles. The molecule has 4 N–H and O–H groups in total. The highest BCUT2D eigenvalue weighted by Gasteiger charge is 2.01. The fourth-order valence-corrected chi connectivity index (χ4v) is 1.36. The minimum absolute atomic E-state index is 0.439. The first-order valence-corrected chi connectivity index (χ1v) is 5.14. The van der Waals surface area contributed by atoms with E-state index >= 15 is 0 Å². The van der Waals surface area contributed by atoms with Crippen LogP contribution < -0.4 is 15.2 Å². The number of nitrogens with one attached hydrogen (secondary N) is 2. The van der Waals surface area contributed by atoms with Gasteiger partial charge in [0.1, 0.15) is 0 Å². The molecule has 72 valence electrons. The Morgan fingerprint density at radius 2 is 1.92 bits per heavy atom. The molecule has 1 rings (SSSR count). The highest BCUT2D eigenvalue weighted by molar-refractivity contribution is 7.90. The molecule has 0 aromatic heterocycles. The standard InChI is InChI=1S/C7H11N3O2S/c1-9-6-3-2-4-7(5-6)10-13(8,11)12/h2-5,9-10H,1H3,(H2,8,11,12). The molecule has 0 amide bonds. The molecule has 1 aromatic carbocycles. The van der Waals surface area contributed by atoms with E-state index < -0.39 is 10.2 Å². The Labute approximate surface area is 77.1 Å². The fraction of sp³-hybridized carbons (Fsp3) is 0.143. The highest BCUT2D eigenvalue weighted by atomic mass is 32.2. The molecule has 0 radical (unpaired) electrons. The van der Waals surface area contributed by atoms with Crippen LogP contribution in [0.1, 0.15) is 0 Å². The van der Waals surface area contributed by atoms with Gasteiger partial charge in [0.15, 0.2) is 0 Å². The molecule has 1 aromatic rings. The first kappa shape index (κ1) is 9.82. The summed E-state index contributed by atoms with van der Waals surface area (Å²) in [5, 5.41) is 7.68. The van der Waals surface area contributed by atoms with Crippen molar-refractivity contribution >= 4 is 21.6 Å². The lowest BCUT2D eigenvalue weighted by molar-refractivity contribution is 0.603. The van der Waals surface area contributed by atoms with Crippen molar-refractivity contribution in [2.45, 2.75) is 0 Å². The second kappa shape index (κ2) is 3.63. The van der Waals surface area contributed by atoms with E-state index in [1.54, 1.807) is 25.2 Å². The predicted octanol–water partition coefficient (Wildman–Crippen LogP) is 0.344. The van der Waals surface area contributed by atoms with Gasteiger partial charge in [-0.15, -0.1) is 0 Å². The molecule has 0 bridgehead atoms. The number of anilines is 2. The Balaban J connectivity index is 2.90. The van der Waals surface area contributed by atoms with Gasteiger partial charge in [0.2, 0.25) is 0 Å². The van der Waals surface area contributed by atoms with Crippen LogP contribution in [0.15, 0.2) is 24.3 Å². The van der Waals surface area contributed by atoms with Crippen LogP contribution >= 0.6 is 0 Å². The Hall–Kier alpha value is -1.27. The molecular formula is C7H11N3O2S. The quantitative estimate of drug-likeness (QED) is 0.659. The SMILES string of the molecule is CNc1cccc(NS(N)(=O)=O)c1. The summed E-state index contributed by atoms with van der Waals surface area (Å²) in [7, 11) is -1.93. The summed E-state index contributed by atoms with van der Waals surface area (Å²) in [5.74, 6) is 0. The molecular weight excluding hydrogens is 190 g/mol. The summed E-state index contributed by atoms with van der Waals surface area (Å²) in [5.41, 5.74) is 1.25. The second-order valence-electron chi connectivity index (χ2n) is 2.48. The molecule has 0 aliphatic heterocycles. The van der Waals surface area contributed by atoms with Crippen LogP contribution in [0.3, 0.4) is 0 Å². The van der Waals surface area contributed by atoms with Crippen LogP contribution in [-0.2, 0) is 10.2 Å². The van der Waals surface area contributed by atoms with Gasteiger partial charge in [-0.2, -0.15) is 8.42 Å². The molecule has 0 saturated carbocycles. The first-order valence-electron chi connectivity index (χ1n) is 3.59. The lowest BCUT2D eigenvalue weighted by Gasteiger charge is -2.05.